The van der Waals surface area contributed by atoms with E-state index in [9.17, 15) is 0 Å². The molecule has 0 saturated carbocycles. The molecule has 2 aromatic carbocycles. The maximum Gasteiger partial charge on any atom is 0.119 e. The minimum Gasteiger partial charge on any atom is -0.492 e. The predicted molar refractivity (Wildman–Crippen MR) is 76.5 cm³/mol. The van der Waals surface area contributed by atoms with Gasteiger partial charge in [0, 0.05) is 0 Å². The Labute approximate surface area is 114 Å². The second kappa shape index (κ2) is 6.25. The fourth-order valence-corrected chi connectivity index (χ4v) is 1.57. The molecule has 3 heteroatoms. The molecule has 0 aliphatic heterocycles. The Balaban J connectivity index is 1.82. The maximum atomic E-state index is 6.16. The molecule has 0 bridgehead atoms. The Morgan fingerprint density at radius 2 is 1.16 bits per heavy atom. The summed E-state index contributed by atoms with van der Waals surface area (Å²) >= 11 is 0. The topological polar surface area (TPSA) is 44.5 Å². The highest BCUT2D eigenvalue weighted by Gasteiger charge is 2.20. The highest BCUT2D eigenvalue weighted by Crippen LogP contribution is 2.13. The average molecular weight is 257 g/mol. The summed E-state index contributed by atoms with van der Waals surface area (Å²) < 4.78 is 11.3. The van der Waals surface area contributed by atoms with Crippen LogP contribution in [0.15, 0.2) is 60.7 Å². The molecule has 0 aromatic heterocycles. The van der Waals surface area contributed by atoms with E-state index in [1.165, 1.54) is 0 Å². The molecule has 2 aromatic rings. The largest absolute Gasteiger partial charge is 0.492 e. The van der Waals surface area contributed by atoms with Crippen molar-refractivity contribution in [2.24, 2.45) is 5.73 Å². The first-order valence-electron chi connectivity index (χ1n) is 6.30. The second-order valence-electron chi connectivity index (χ2n) is 4.86. The van der Waals surface area contributed by atoms with Crippen LogP contribution in [0, 0.1) is 0 Å². The fourth-order valence-electron chi connectivity index (χ4n) is 1.57. The molecule has 0 fully saturated rings. The van der Waals surface area contributed by atoms with Crippen LogP contribution in [0.25, 0.3) is 0 Å². The summed E-state index contributed by atoms with van der Waals surface area (Å²) in [6, 6.07) is 19.3. The van der Waals surface area contributed by atoms with E-state index >= 15 is 0 Å². The third-order valence-electron chi connectivity index (χ3n) is 2.62. The Bertz CT molecular complexity index is 437. The van der Waals surface area contributed by atoms with E-state index in [2.05, 4.69) is 0 Å². The SMILES string of the molecule is CC(N)(COc1ccccc1)COc1ccccc1. The molecule has 2 N–H and O–H groups in total. The van der Waals surface area contributed by atoms with Crippen molar-refractivity contribution in [1.29, 1.82) is 0 Å². The Hall–Kier alpha value is -2.00. The quantitative estimate of drug-likeness (QED) is 0.865. The minimum atomic E-state index is -0.536. The summed E-state index contributed by atoms with van der Waals surface area (Å²) in [5.74, 6) is 1.64. The highest BCUT2D eigenvalue weighted by atomic mass is 16.5. The van der Waals surface area contributed by atoms with Crippen molar-refractivity contribution in [3.63, 3.8) is 0 Å². The molecule has 0 amide bonds. The number of ether oxygens (including phenoxy) is 2. The van der Waals surface area contributed by atoms with Gasteiger partial charge in [-0.2, -0.15) is 0 Å². The first-order chi connectivity index (χ1) is 9.16. The second-order valence-corrected chi connectivity index (χ2v) is 4.86. The van der Waals surface area contributed by atoms with Crippen LogP contribution in [0.3, 0.4) is 0 Å². The number of nitrogens with two attached hydrogens (primary N) is 1. The summed E-state index contributed by atoms with van der Waals surface area (Å²) in [5, 5.41) is 0. The third-order valence-corrected chi connectivity index (χ3v) is 2.62. The van der Waals surface area contributed by atoms with Gasteiger partial charge in [0.15, 0.2) is 0 Å². The molecule has 19 heavy (non-hydrogen) atoms. The van der Waals surface area contributed by atoms with Crippen molar-refractivity contribution in [3.8, 4) is 11.5 Å². The van der Waals surface area contributed by atoms with E-state index in [4.69, 9.17) is 15.2 Å². The van der Waals surface area contributed by atoms with E-state index in [-0.39, 0.29) is 0 Å². The molecule has 0 unspecified atom stereocenters. The monoisotopic (exact) mass is 257 g/mol. The van der Waals surface area contributed by atoms with Gasteiger partial charge in [0.1, 0.15) is 24.7 Å². The Morgan fingerprint density at radius 1 is 0.789 bits per heavy atom. The van der Waals surface area contributed by atoms with Crippen molar-refractivity contribution in [1.82, 2.24) is 0 Å². The number of rotatable bonds is 6. The predicted octanol–water partition coefficient (Wildman–Crippen LogP) is 2.86. The standard InChI is InChI=1S/C16H19NO2/c1-16(17,12-18-14-8-4-2-5-9-14)13-19-15-10-6-3-7-11-15/h2-11H,12-13,17H2,1H3. The number of hydrogen-bond donors (Lipinski definition) is 1. The van der Waals surface area contributed by atoms with E-state index in [0.717, 1.165) is 11.5 Å². The fraction of sp³-hybridized carbons (Fsp3) is 0.250. The molecule has 0 aliphatic carbocycles. The van der Waals surface area contributed by atoms with Gasteiger partial charge < -0.3 is 15.2 Å². The van der Waals surface area contributed by atoms with Crippen LogP contribution in [-0.4, -0.2) is 18.8 Å². The van der Waals surface area contributed by atoms with Gasteiger partial charge >= 0.3 is 0 Å². The minimum absolute atomic E-state index is 0.407. The molecular weight excluding hydrogens is 238 g/mol. The first kappa shape index (κ1) is 13.4. The summed E-state index contributed by atoms with van der Waals surface area (Å²) in [6.45, 7) is 2.73. The van der Waals surface area contributed by atoms with E-state index in [1.807, 2.05) is 67.6 Å². The summed E-state index contributed by atoms with van der Waals surface area (Å²) in [6.07, 6.45) is 0. The van der Waals surface area contributed by atoms with Crippen LogP contribution < -0.4 is 15.2 Å². The summed E-state index contributed by atoms with van der Waals surface area (Å²) in [4.78, 5) is 0. The molecule has 3 nitrogen and oxygen atoms in total. The van der Waals surface area contributed by atoms with Gasteiger partial charge in [-0.1, -0.05) is 36.4 Å². The lowest BCUT2D eigenvalue weighted by Gasteiger charge is -2.24. The lowest BCUT2D eigenvalue weighted by molar-refractivity contribution is 0.159. The van der Waals surface area contributed by atoms with Gasteiger partial charge in [0.05, 0.1) is 5.54 Å². The van der Waals surface area contributed by atoms with Crippen molar-refractivity contribution >= 4 is 0 Å². The molecular formula is C16H19NO2. The van der Waals surface area contributed by atoms with Gasteiger partial charge in [-0.15, -0.1) is 0 Å². The summed E-state index contributed by atoms with van der Waals surface area (Å²) in [5.41, 5.74) is 5.63. The van der Waals surface area contributed by atoms with Gasteiger partial charge in [0.2, 0.25) is 0 Å². The first-order valence-corrected chi connectivity index (χ1v) is 6.30. The lowest BCUT2D eigenvalue weighted by atomic mass is 10.1. The summed E-state index contributed by atoms with van der Waals surface area (Å²) in [7, 11) is 0. The zero-order chi connectivity index (χ0) is 13.6. The van der Waals surface area contributed by atoms with Gasteiger partial charge in [-0.25, -0.2) is 0 Å². The average Bonchev–Trinajstić information content (AvgIpc) is 2.46. The zero-order valence-electron chi connectivity index (χ0n) is 11.1. The third kappa shape index (κ3) is 4.64. The molecule has 100 valence electrons. The van der Waals surface area contributed by atoms with Crippen LogP contribution in [-0.2, 0) is 0 Å². The van der Waals surface area contributed by atoms with Crippen molar-refractivity contribution in [2.75, 3.05) is 13.2 Å². The molecule has 0 atom stereocenters. The van der Waals surface area contributed by atoms with Crippen LogP contribution in [0.4, 0.5) is 0 Å². The van der Waals surface area contributed by atoms with E-state index in [0.29, 0.717) is 13.2 Å². The maximum absolute atomic E-state index is 6.16. The smallest absolute Gasteiger partial charge is 0.119 e. The molecule has 0 spiro atoms. The zero-order valence-corrected chi connectivity index (χ0v) is 11.1. The van der Waals surface area contributed by atoms with Crippen molar-refractivity contribution in [2.45, 2.75) is 12.5 Å². The van der Waals surface area contributed by atoms with Crippen LogP contribution in [0.5, 0.6) is 11.5 Å². The van der Waals surface area contributed by atoms with Crippen LogP contribution in [0.1, 0.15) is 6.92 Å². The Morgan fingerprint density at radius 3 is 1.53 bits per heavy atom. The van der Waals surface area contributed by atoms with E-state index < -0.39 is 5.54 Å². The van der Waals surface area contributed by atoms with Crippen molar-refractivity contribution < 1.29 is 9.47 Å². The number of hydrogen-bond acceptors (Lipinski definition) is 3. The van der Waals surface area contributed by atoms with Crippen molar-refractivity contribution in [3.05, 3.63) is 60.7 Å². The normalized spacial score (nSPS) is 11.1. The van der Waals surface area contributed by atoms with Crippen LogP contribution >= 0.6 is 0 Å². The number of benzene rings is 2. The lowest BCUT2D eigenvalue weighted by Crippen LogP contribution is -2.47. The molecule has 0 saturated heterocycles. The molecule has 0 radical (unpaired) electrons. The highest BCUT2D eigenvalue weighted by molar-refractivity contribution is 5.22. The van der Waals surface area contributed by atoms with Crippen LogP contribution in [0.2, 0.25) is 0 Å². The van der Waals surface area contributed by atoms with Gasteiger partial charge in [-0.3, -0.25) is 0 Å². The number of para-hydroxylation sites is 2. The molecule has 0 aliphatic rings. The molecule has 2 rings (SSSR count). The van der Waals surface area contributed by atoms with Gasteiger partial charge in [0.25, 0.3) is 0 Å². The van der Waals surface area contributed by atoms with E-state index in [1.54, 1.807) is 0 Å². The van der Waals surface area contributed by atoms with Gasteiger partial charge in [-0.05, 0) is 31.2 Å². The molecule has 0 heterocycles. The Kier molecular flexibility index (Phi) is 4.42.